The largest absolute Gasteiger partial charge is 0.352 e. The van der Waals surface area contributed by atoms with E-state index in [1.165, 1.54) is 22.6 Å². The third kappa shape index (κ3) is 5.65. The number of piperidine rings is 2. The highest BCUT2D eigenvalue weighted by Crippen LogP contribution is 2.26. The molecule has 0 bridgehead atoms. The lowest BCUT2D eigenvalue weighted by atomic mass is 9.93. The molecular formula is C23H32N4OS. The van der Waals surface area contributed by atoms with E-state index in [9.17, 15) is 4.79 Å². The van der Waals surface area contributed by atoms with Gasteiger partial charge in [0.2, 0.25) is 5.91 Å². The van der Waals surface area contributed by atoms with Crippen molar-refractivity contribution >= 4 is 17.2 Å². The van der Waals surface area contributed by atoms with Crippen LogP contribution in [0, 0.1) is 12.8 Å². The van der Waals surface area contributed by atoms with Crippen LogP contribution in [0.15, 0.2) is 36.7 Å². The first-order chi connectivity index (χ1) is 14.2. The van der Waals surface area contributed by atoms with E-state index in [-0.39, 0.29) is 11.8 Å². The van der Waals surface area contributed by atoms with Crippen LogP contribution in [0.2, 0.25) is 0 Å². The third-order valence-corrected chi connectivity index (χ3v) is 7.25. The number of carbonyl (C=O) groups excluding carboxylic acids is 1. The molecule has 0 radical (unpaired) electrons. The molecule has 2 aromatic rings. The van der Waals surface area contributed by atoms with Gasteiger partial charge in [0.05, 0.1) is 5.92 Å². The first kappa shape index (κ1) is 20.5. The maximum Gasteiger partial charge on any atom is 0.224 e. The normalized spacial score (nSPS) is 21.9. The predicted molar refractivity (Wildman–Crippen MR) is 118 cm³/mol. The van der Waals surface area contributed by atoms with Gasteiger partial charge in [-0.25, -0.2) is 0 Å². The molecule has 0 spiro atoms. The maximum absolute atomic E-state index is 12.7. The second-order valence-electron chi connectivity index (χ2n) is 8.43. The van der Waals surface area contributed by atoms with E-state index in [1.54, 1.807) is 6.20 Å². The smallest absolute Gasteiger partial charge is 0.224 e. The molecule has 2 fully saturated rings. The molecule has 156 valence electrons. The van der Waals surface area contributed by atoms with Crippen LogP contribution in [0.5, 0.6) is 0 Å². The lowest BCUT2D eigenvalue weighted by molar-refractivity contribution is -0.127. The average molecular weight is 413 g/mol. The number of carbonyl (C=O) groups is 1. The molecule has 0 aliphatic carbocycles. The van der Waals surface area contributed by atoms with Crippen molar-refractivity contribution in [2.75, 3.05) is 26.2 Å². The first-order valence-electron chi connectivity index (χ1n) is 10.9. The highest BCUT2D eigenvalue weighted by molar-refractivity contribution is 7.11. The molecule has 2 aromatic heterocycles. The number of pyridine rings is 1. The highest BCUT2D eigenvalue weighted by Gasteiger charge is 2.31. The van der Waals surface area contributed by atoms with Crippen molar-refractivity contribution in [2.24, 2.45) is 5.92 Å². The molecule has 2 saturated heterocycles. The van der Waals surface area contributed by atoms with Crippen molar-refractivity contribution in [3.8, 4) is 0 Å². The molecule has 2 aliphatic heterocycles. The van der Waals surface area contributed by atoms with E-state index < -0.39 is 0 Å². The molecule has 1 atom stereocenters. The number of aromatic nitrogens is 1. The zero-order valence-corrected chi connectivity index (χ0v) is 18.2. The van der Waals surface area contributed by atoms with Crippen LogP contribution in [0.25, 0.3) is 0 Å². The number of nitrogens with zero attached hydrogens (tertiary/aromatic N) is 3. The molecule has 1 amide bonds. The van der Waals surface area contributed by atoms with Gasteiger partial charge in [-0.3, -0.25) is 19.6 Å². The summed E-state index contributed by atoms with van der Waals surface area (Å²) in [6.45, 7) is 8.22. The zero-order chi connectivity index (χ0) is 20.1. The van der Waals surface area contributed by atoms with E-state index in [1.807, 2.05) is 29.7 Å². The third-order valence-electron chi connectivity index (χ3n) is 6.26. The summed E-state index contributed by atoms with van der Waals surface area (Å²) < 4.78 is 0. The van der Waals surface area contributed by atoms with Crippen molar-refractivity contribution < 1.29 is 4.79 Å². The Morgan fingerprint density at radius 1 is 1.21 bits per heavy atom. The Morgan fingerprint density at radius 3 is 2.79 bits per heavy atom. The fraction of sp³-hybridized carbons (Fsp3) is 0.565. The Labute approximate surface area is 178 Å². The molecule has 6 heteroatoms. The fourth-order valence-corrected chi connectivity index (χ4v) is 5.55. The standard InChI is InChI=1S/C23H32N4OS/c1-18-6-7-22(29-18)17-26-12-8-21(9-13-26)27-11-3-5-20(16-27)23(28)25-15-19-4-2-10-24-14-19/h2,4,6-7,10,14,20-21H,3,5,8-9,11-13,15-17H2,1H3,(H,25,28). The fourth-order valence-electron chi connectivity index (χ4n) is 4.62. The number of amides is 1. The summed E-state index contributed by atoms with van der Waals surface area (Å²) in [5.41, 5.74) is 1.06. The number of rotatable bonds is 6. The van der Waals surface area contributed by atoms with Crippen LogP contribution in [-0.2, 0) is 17.9 Å². The molecule has 29 heavy (non-hydrogen) atoms. The lowest BCUT2D eigenvalue weighted by Crippen LogP contribution is -2.50. The topological polar surface area (TPSA) is 48.5 Å². The van der Waals surface area contributed by atoms with Crippen LogP contribution in [-0.4, -0.2) is 52.9 Å². The van der Waals surface area contributed by atoms with Crippen molar-refractivity contribution in [1.82, 2.24) is 20.1 Å². The minimum Gasteiger partial charge on any atom is -0.352 e. The van der Waals surface area contributed by atoms with Gasteiger partial charge < -0.3 is 5.32 Å². The summed E-state index contributed by atoms with van der Waals surface area (Å²) in [4.78, 5) is 24.9. The monoisotopic (exact) mass is 412 g/mol. The molecule has 4 rings (SSSR count). The van der Waals surface area contributed by atoms with Gasteiger partial charge in [-0.15, -0.1) is 11.3 Å². The summed E-state index contributed by atoms with van der Waals surface area (Å²) >= 11 is 1.92. The van der Waals surface area contributed by atoms with Gasteiger partial charge in [0.15, 0.2) is 0 Å². The van der Waals surface area contributed by atoms with Crippen LogP contribution in [0.3, 0.4) is 0 Å². The summed E-state index contributed by atoms with van der Waals surface area (Å²) in [6, 6.07) is 9.04. The Balaban J connectivity index is 1.23. The molecule has 0 aromatic carbocycles. The SMILES string of the molecule is Cc1ccc(CN2CCC(N3CCCC(C(=O)NCc4cccnc4)C3)CC2)s1. The molecular weight excluding hydrogens is 380 g/mol. The summed E-state index contributed by atoms with van der Waals surface area (Å²) in [5.74, 6) is 0.316. The number of hydrogen-bond acceptors (Lipinski definition) is 5. The van der Waals surface area contributed by atoms with Crippen molar-refractivity contribution in [3.05, 3.63) is 52.0 Å². The minimum absolute atomic E-state index is 0.118. The Morgan fingerprint density at radius 2 is 2.07 bits per heavy atom. The number of thiophene rings is 1. The minimum atomic E-state index is 0.118. The second-order valence-corrected chi connectivity index (χ2v) is 9.81. The Hall–Kier alpha value is -1.76. The quantitative estimate of drug-likeness (QED) is 0.790. The van der Waals surface area contributed by atoms with Crippen molar-refractivity contribution in [3.63, 3.8) is 0 Å². The second kappa shape index (κ2) is 9.83. The van der Waals surface area contributed by atoms with Crippen LogP contribution >= 0.6 is 11.3 Å². The summed E-state index contributed by atoms with van der Waals surface area (Å²) in [6.07, 6.45) is 8.14. The summed E-state index contributed by atoms with van der Waals surface area (Å²) in [5, 5.41) is 3.12. The van der Waals surface area contributed by atoms with E-state index in [2.05, 4.69) is 39.2 Å². The van der Waals surface area contributed by atoms with Gasteiger partial charge in [-0.2, -0.15) is 0 Å². The average Bonchev–Trinajstić information content (AvgIpc) is 3.18. The molecule has 4 heterocycles. The van der Waals surface area contributed by atoms with E-state index in [0.717, 1.165) is 51.1 Å². The number of hydrogen-bond donors (Lipinski definition) is 1. The number of likely N-dealkylation sites (tertiary alicyclic amines) is 2. The van der Waals surface area contributed by atoms with Crippen LogP contribution in [0.1, 0.15) is 41.0 Å². The van der Waals surface area contributed by atoms with Gasteiger partial charge in [0.1, 0.15) is 0 Å². The van der Waals surface area contributed by atoms with E-state index in [4.69, 9.17) is 0 Å². The van der Waals surface area contributed by atoms with Gasteiger partial charge in [0.25, 0.3) is 0 Å². The Bertz CT molecular complexity index is 785. The van der Waals surface area contributed by atoms with E-state index in [0.29, 0.717) is 12.6 Å². The lowest BCUT2D eigenvalue weighted by Gasteiger charge is -2.42. The van der Waals surface area contributed by atoms with Gasteiger partial charge in [-0.1, -0.05) is 6.07 Å². The van der Waals surface area contributed by atoms with Crippen molar-refractivity contribution in [1.29, 1.82) is 0 Å². The van der Waals surface area contributed by atoms with Crippen LogP contribution < -0.4 is 5.32 Å². The summed E-state index contributed by atoms with van der Waals surface area (Å²) in [7, 11) is 0. The molecule has 5 nitrogen and oxygen atoms in total. The van der Waals surface area contributed by atoms with Gasteiger partial charge in [0, 0.05) is 60.9 Å². The molecule has 1 N–H and O–H groups in total. The number of nitrogens with one attached hydrogen (secondary N) is 1. The number of aryl methyl sites for hydroxylation is 1. The van der Waals surface area contributed by atoms with Gasteiger partial charge >= 0.3 is 0 Å². The highest BCUT2D eigenvalue weighted by atomic mass is 32.1. The van der Waals surface area contributed by atoms with Crippen LogP contribution in [0.4, 0.5) is 0 Å². The molecule has 0 saturated carbocycles. The van der Waals surface area contributed by atoms with Gasteiger partial charge in [-0.05, 0) is 62.9 Å². The maximum atomic E-state index is 12.7. The molecule has 2 aliphatic rings. The Kier molecular flexibility index (Phi) is 6.95. The zero-order valence-electron chi connectivity index (χ0n) is 17.3. The molecule has 1 unspecified atom stereocenters. The van der Waals surface area contributed by atoms with Crippen molar-refractivity contribution in [2.45, 2.75) is 51.7 Å². The first-order valence-corrected chi connectivity index (χ1v) is 11.7. The van der Waals surface area contributed by atoms with E-state index >= 15 is 0 Å². The predicted octanol–water partition coefficient (Wildman–Crippen LogP) is 3.44.